The van der Waals surface area contributed by atoms with Crippen molar-refractivity contribution in [3.8, 4) is 0 Å². The Hall–Kier alpha value is -1.16. The van der Waals surface area contributed by atoms with Crippen molar-refractivity contribution in [3.63, 3.8) is 0 Å². The van der Waals surface area contributed by atoms with E-state index in [0.717, 1.165) is 44.9 Å². The number of carbonyl (C=O) groups is 1. The average Bonchev–Trinajstić information content (AvgIpc) is 3.16. The number of rotatable bonds is 38. The zero-order valence-corrected chi connectivity index (χ0v) is 36.0. The molecule has 1 saturated heterocycles. The van der Waals surface area contributed by atoms with Crippen molar-refractivity contribution in [3.05, 3.63) is 12.2 Å². The predicted octanol–water partition coefficient (Wildman–Crippen LogP) is 8.38. The van der Waals surface area contributed by atoms with E-state index in [9.17, 15) is 33.6 Å². The summed E-state index contributed by atoms with van der Waals surface area (Å²) in [6.45, 7) is 3.35. The van der Waals surface area contributed by atoms with Crippen LogP contribution in [0.3, 0.4) is 0 Å². The lowest BCUT2D eigenvalue weighted by Gasteiger charge is -2.41. The Labute approximate surface area is 340 Å². The number of amides is 1. The van der Waals surface area contributed by atoms with Crippen LogP contribution in [0.15, 0.2) is 12.2 Å². The predicted molar refractivity (Wildman–Crippen MR) is 222 cm³/mol. The monoisotopic (exact) mass is 822 g/mol. The quantitative estimate of drug-likeness (QED) is 0.0199. The van der Waals surface area contributed by atoms with Crippen LogP contribution in [0.25, 0.3) is 0 Å². The Kier molecular flexibility index (Phi) is 32.7. The number of aliphatic hydroxyl groups is 4. The first-order valence-electron chi connectivity index (χ1n) is 22.6. The van der Waals surface area contributed by atoms with E-state index >= 15 is 0 Å². The number of nitrogens with one attached hydrogen (secondary N) is 1. The van der Waals surface area contributed by atoms with Gasteiger partial charge in [0.15, 0.2) is 6.29 Å². The summed E-state index contributed by atoms with van der Waals surface area (Å²) in [5, 5.41) is 44.5. The molecule has 0 aromatic rings. The Balaban J connectivity index is 2.43. The molecule has 1 rings (SSSR count). The van der Waals surface area contributed by atoms with Gasteiger partial charge in [0.25, 0.3) is 0 Å². The fourth-order valence-electron chi connectivity index (χ4n) is 7.28. The minimum atomic E-state index is -5.08. The highest BCUT2D eigenvalue weighted by Crippen LogP contribution is 2.26. The molecule has 1 heterocycles. The van der Waals surface area contributed by atoms with Gasteiger partial charge in [-0.15, -0.1) is 0 Å². The molecule has 0 saturated carbocycles. The maximum absolute atomic E-state index is 13.0. The smallest absolute Gasteiger partial charge is 0.394 e. The highest BCUT2D eigenvalue weighted by Gasteiger charge is 2.48. The van der Waals surface area contributed by atoms with Crippen molar-refractivity contribution in [1.82, 2.24) is 5.32 Å². The van der Waals surface area contributed by atoms with Gasteiger partial charge < -0.3 is 35.2 Å². The highest BCUT2D eigenvalue weighted by atomic mass is 32.3. The lowest BCUT2D eigenvalue weighted by atomic mass is 9.99. The second-order valence-electron chi connectivity index (χ2n) is 16.0. The summed E-state index contributed by atoms with van der Waals surface area (Å²) in [6.07, 6.45) is 28.4. The van der Waals surface area contributed by atoms with E-state index in [4.69, 9.17) is 14.0 Å². The van der Waals surface area contributed by atoms with Crippen molar-refractivity contribution in [2.75, 3.05) is 13.2 Å². The summed E-state index contributed by atoms with van der Waals surface area (Å²) < 4.78 is 47.4. The lowest BCUT2D eigenvalue weighted by Crippen LogP contribution is -2.61. The third-order valence-electron chi connectivity index (χ3n) is 10.8. The first kappa shape index (κ1) is 52.9. The molecule has 1 fully saturated rings. The van der Waals surface area contributed by atoms with Crippen LogP contribution in [0.1, 0.15) is 200 Å². The SMILES string of the molecule is CCCCCCCCC/C=C/C(O)C(COC1OC(CO)C(O)C(OS(=O)(=O)O)C1O)NC(=O)CCCCCCCCCCCCCCCCCCCCCC. The molecule has 7 atom stereocenters. The summed E-state index contributed by atoms with van der Waals surface area (Å²) in [7, 11) is -5.08. The molecule has 332 valence electrons. The van der Waals surface area contributed by atoms with Gasteiger partial charge in [0.2, 0.25) is 5.91 Å². The van der Waals surface area contributed by atoms with E-state index in [1.807, 2.05) is 6.08 Å². The summed E-state index contributed by atoms with van der Waals surface area (Å²) >= 11 is 0. The Morgan fingerprint density at radius 3 is 1.55 bits per heavy atom. The van der Waals surface area contributed by atoms with Crippen LogP contribution in [0.5, 0.6) is 0 Å². The van der Waals surface area contributed by atoms with Gasteiger partial charge in [-0.3, -0.25) is 9.35 Å². The second kappa shape index (κ2) is 34.7. The molecule has 1 aliphatic heterocycles. The standard InChI is InChI=1S/C43H83NO11S/c1-3-5-7-9-11-13-14-15-16-17-18-19-20-21-22-23-25-27-29-31-33-39(47)44-36(37(46)32-30-28-26-24-12-10-8-6-4-2)35-53-43-41(49)42(55-56(50,51)52)40(48)38(34-45)54-43/h30,32,36-38,40-43,45-46,48-49H,3-29,31,33-35H2,1-2H3,(H,44,47)(H,50,51,52)/b32-30+. The third kappa shape index (κ3) is 27.5. The molecular formula is C43H83NO11S. The first-order valence-corrected chi connectivity index (χ1v) is 23.9. The first-order chi connectivity index (χ1) is 27.0. The molecule has 0 aromatic heterocycles. The van der Waals surface area contributed by atoms with E-state index in [2.05, 4.69) is 23.3 Å². The largest absolute Gasteiger partial charge is 0.397 e. The van der Waals surface area contributed by atoms with E-state index in [-0.39, 0.29) is 18.9 Å². The van der Waals surface area contributed by atoms with Gasteiger partial charge in [-0.05, 0) is 19.3 Å². The Morgan fingerprint density at radius 2 is 1.12 bits per heavy atom. The summed E-state index contributed by atoms with van der Waals surface area (Å²) in [5.74, 6) is -0.262. The number of aliphatic hydroxyl groups excluding tert-OH is 4. The van der Waals surface area contributed by atoms with Crippen LogP contribution < -0.4 is 5.32 Å². The number of carbonyl (C=O) groups excluding carboxylic acids is 1. The number of allylic oxidation sites excluding steroid dienone is 1. The van der Waals surface area contributed by atoms with Crippen molar-refractivity contribution >= 4 is 16.3 Å². The summed E-state index contributed by atoms with van der Waals surface area (Å²) in [6, 6.07) is -0.936. The topological polar surface area (TPSA) is 192 Å². The van der Waals surface area contributed by atoms with Crippen molar-refractivity contribution in [2.45, 2.75) is 243 Å². The normalized spacial score (nSPS) is 21.4. The van der Waals surface area contributed by atoms with Gasteiger partial charge in [-0.1, -0.05) is 187 Å². The fraction of sp³-hybridized carbons (Fsp3) is 0.930. The molecule has 0 radical (unpaired) electrons. The summed E-state index contributed by atoms with van der Waals surface area (Å²) in [4.78, 5) is 13.0. The zero-order valence-electron chi connectivity index (χ0n) is 35.2. The van der Waals surface area contributed by atoms with E-state index in [1.165, 1.54) is 128 Å². The van der Waals surface area contributed by atoms with Gasteiger partial charge in [0.1, 0.15) is 24.4 Å². The van der Waals surface area contributed by atoms with Crippen LogP contribution in [0.4, 0.5) is 0 Å². The number of hydrogen-bond donors (Lipinski definition) is 6. The maximum atomic E-state index is 13.0. The Bertz CT molecular complexity index is 1060. The molecule has 0 aromatic carbocycles. The van der Waals surface area contributed by atoms with Crippen LogP contribution in [-0.2, 0) is 28.9 Å². The molecule has 0 spiro atoms. The van der Waals surface area contributed by atoms with Crippen LogP contribution in [0, 0.1) is 0 Å². The summed E-state index contributed by atoms with van der Waals surface area (Å²) in [5.41, 5.74) is 0. The van der Waals surface area contributed by atoms with Crippen LogP contribution in [0.2, 0.25) is 0 Å². The molecule has 1 aliphatic rings. The molecule has 0 bridgehead atoms. The highest BCUT2D eigenvalue weighted by molar-refractivity contribution is 7.80. The van der Waals surface area contributed by atoms with Gasteiger partial charge in [0, 0.05) is 6.42 Å². The maximum Gasteiger partial charge on any atom is 0.397 e. The van der Waals surface area contributed by atoms with Gasteiger partial charge in [-0.25, -0.2) is 4.18 Å². The number of hydrogen-bond acceptors (Lipinski definition) is 10. The second-order valence-corrected chi connectivity index (χ2v) is 17.0. The Morgan fingerprint density at radius 1 is 0.696 bits per heavy atom. The van der Waals surface area contributed by atoms with Crippen molar-refractivity contribution in [1.29, 1.82) is 0 Å². The fourth-order valence-corrected chi connectivity index (χ4v) is 7.79. The molecule has 0 aliphatic carbocycles. The van der Waals surface area contributed by atoms with E-state index in [1.54, 1.807) is 6.08 Å². The molecule has 6 N–H and O–H groups in total. The average molecular weight is 822 g/mol. The van der Waals surface area contributed by atoms with Crippen LogP contribution in [-0.4, -0.2) is 95.4 Å². The van der Waals surface area contributed by atoms with Gasteiger partial charge in [0.05, 0.1) is 25.4 Å². The number of ether oxygens (including phenoxy) is 2. The van der Waals surface area contributed by atoms with E-state index in [0.29, 0.717) is 6.42 Å². The molecule has 12 nitrogen and oxygen atoms in total. The molecule has 56 heavy (non-hydrogen) atoms. The molecular weight excluding hydrogens is 739 g/mol. The van der Waals surface area contributed by atoms with Gasteiger partial charge >= 0.3 is 10.4 Å². The van der Waals surface area contributed by atoms with Crippen molar-refractivity contribution in [2.24, 2.45) is 0 Å². The van der Waals surface area contributed by atoms with Crippen LogP contribution >= 0.6 is 0 Å². The van der Waals surface area contributed by atoms with Crippen molar-refractivity contribution < 1.29 is 51.8 Å². The molecule has 7 unspecified atom stereocenters. The minimum absolute atomic E-state index is 0.262. The van der Waals surface area contributed by atoms with Gasteiger partial charge in [-0.2, -0.15) is 8.42 Å². The molecule has 1 amide bonds. The molecule has 13 heteroatoms. The van der Waals surface area contributed by atoms with E-state index < -0.39 is 59.9 Å². The minimum Gasteiger partial charge on any atom is -0.394 e. The number of unbranched alkanes of at least 4 members (excludes halogenated alkanes) is 26. The zero-order chi connectivity index (χ0) is 41.3. The lowest BCUT2D eigenvalue weighted by molar-refractivity contribution is -0.298. The third-order valence-corrected chi connectivity index (χ3v) is 11.3.